The first kappa shape index (κ1) is 9.68. The minimum Gasteiger partial charge on any atom is -0.330 e. The van der Waals surface area contributed by atoms with Gasteiger partial charge >= 0.3 is 0 Å². The van der Waals surface area contributed by atoms with E-state index in [9.17, 15) is 4.79 Å². The third-order valence-electron chi connectivity index (χ3n) is 1.65. The van der Waals surface area contributed by atoms with Gasteiger partial charge in [0.05, 0.1) is 0 Å². The van der Waals surface area contributed by atoms with Crippen LogP contribution in [-0.4, -0.2) is 12.3 Å². The average molecular weight is 175 g/mol. The molecule has 2 N–H and O–H groups in total. The van der Waals surface area contributed by atoms with Crippen LogP contribution in [-0.2, 0) is 4.79 Å². The molecule has 2 nitrogen and oxygen atoms in total. The van der Waals surface area contributed by atoms with Gasteiger partial charge in [-0.2, -0.15) is 0 Å². The maximum atomic E-state index is 11.0. The highest BCUT2D eigenvalue weighted by Crippen LogP contribution is 2.01. The fourth-order valence-corrected chi connectivity index (χ4v) is 0.979. The van der Waals surface area contributed by atoms with Crippen molar-refractivity contribution < 1.29 is 4.79 Å². The van der Waals surface area contributed by atoms with Crippen molar-refractivity contribution in [1.29, 1.82) is 0 Å². The second kappa shape index (κ2) is 5.27. The number of nitrogens with two attached hydrogens (primary N) is 1. The first-order valence-corrected chi connectivity index (χ1v) is 4.29. The second-order valence-corrected chi connectivity index (χ2v) is 2.75. The van der Waals surface area contributed by atoms with Crippen molar-refractivity contribution in [3.8, 4) is 0 Å². The molecule has 0 aliphatic rings. The third kappa shape index (κ3) is 3.67. The molecule has 68 valence electrons. The normalized spacial score (nSPS) is 10.5. The Kier molecular flexibility index (Phi) is 3.93. The van der Waals surface area contributed by atoms with Crippen LogP contribution < -0.4 is 5.73 Å². The largest absolute Gasteiger partial charge is 0.330 e. The Bertz CT molecular complexity index is 290. The van der Waals surface area contributed by atoms with Crippen molar-refractivity contribution in [3.05, 3.63) is 42.0 Å². The molecule has 0 aromatic heterocycles. The quantitative estimate of drug-likeness (QED) is 0.706. The lowest BCUT2D eigenvalue weighted by atomic mass is 10.2. The summed E-state index contributed by atoms with van der Waals surface area (Å²) in [6, 6.07) is 9.72. The lowest BCUT2D eigenvalue weighted by Crippen LogP contribution is -2.04. The number of rotatable bonds is 4. The number of carbonyl (C=O) groups is 1. The summed E-state index contributed by atoms with van der Waals surface area (Å²) in [5.41, 5.74) is 6.28. The Morgan fingerprint density at radius 1 is 1.31 bits per heavy atom. The molecule has 0 saturated carbocycles. The van der Waals surface area contributed by atoms with E-state index >= 15 is 0 Å². The van der Waals surface area contributed by atoms with Crippen LogP contribution in [0.25, 0.3) is 6.08 Å². The fourth-order valence-electron chi connectivity index (χ4n) is 0.979. The number of benzene rings is 1. The molecule has 1 aromatic carbocycles. The van der Waals surface area contributed by atoms with Gasteiger partial charge in [-0.15, -0.1) is 0 Å². The molecule has 0 aliphatic carbocycles. The lowest BCUT2D eigenvalue weighted by molar-refractivity contribution is -0.114. The Morgan fingerprint density at radius 2 is 2.00 bits per heavy atom. The van der Waals surface area contributed by atoms with Gasteiger partial charge in [-0.1, -0.05) is 36.4 Å². The van der Waals surface area contributed by atoms with Crippen molar-refractivity contribution in [2.75, 3.05) is 6.54 Å². The maximum Gasteiger partial charge on any atom is 0.156 e. The van der Waals surface area contributed by atoms with Crippen molar-refractivity contribution in [1.82, 2.24) is 0 Å². The zero-order valence-corrected chi connectivity index (χ0v) is 7.44. The summed E-state index contributed by atoms with van der Waals surface area (Å²) < 4.78 is 0. The smallest absolute Gasteiger partial charge is 0.156 e. The average Bonchev–Trinajstić information content (AvgIpc) is 2.17. The lowest BCUT2D eigenvalue weighted by Gasteiger charge is -1.91. The summed E-state index contributed by atoms with van der Waals surface area (Å²) in [5.74, 6) is 0.0753. The summed E-state index contributed by atoms with van der Waals surface area (Å²) in [4.78, 5) is 11.0. The number of carbonyl (C=O) groups excluding carboxylic acids is 1. The van der Waals surface area contributed by atoms with E-state index in [2.05, 4.69) is 0 Å². The SMILES string of the molecule is NCCC(=O)/C=C/c1ccccc1. The molecule has 0 unspecified atom stereocenters. The Labute approximate surface area is 78.1 Å². The maximum absolute atomic E-state index is 11.0. The molecule has 0 heterocycles. The summed E-state index contributed by atoms with van der Waals surface area (Å²) in [5, 5.41) is 0. The summed E-state index contributed by atoms with van der Waals surface area (Å²) >= 11 is 0. The Morgan fingerprint density at radius 3 is 2.62 bits per heavy atom. The van der Waals surface area contributed by atoms with Crippen LogP contribution in [0.5, 0.6) is 0 Å². The highest BCUT2D eigenvalue weighted by atomic mass is 16.1. The second-order valence-electron chi connectivity index (χ2n) is 2.75. The Balaban J connectivity index is 2.54. The van der Waals surface area contributed by atoms with E-state index in [-0.39, 0.29) is 5.78 Å². The molecule has 0 radical (unpaired) electrons. The standard InChI is InChI=1S/C11H13NO/c12-9-8-11(13)7-6-10-4-2-1-3-5-10/h1-7H,8-9,12H2/b7-6+. The van der Waals surface area contributed by atoms with Crippen LogP contribution in [0.4, 0.5) is 0 Å². The van der Waals surface area contributed by atoms with E-state index in [0.29, 0.717) is 13.0 Å². The summed E-state index contributed by atoms with van der Waals surface area (Å²) in [7, 11) is 0. The monoisotopic (exact) mass is 175 g/mol. The van der Waals surface area contributed by atoms with Crippen LogP contribution >= 0.6 is 0 Å². The molecule has 0 atom stereocenters. The van der Waals surface area contributed by atoms with Crippen LogP contribution in [0.1, 0.15) is 12.0 Å². The van der Waals surface area contributed by atoms with Gasteiger partial charge < -0.3 is 5.73 Å². The molecule has 0 aliphatic heterocycles. The molecular formula is C11H13NO. The van der Waals surface area contributed by atoms with Gasteiger partial charge in [0.15, 0.2) is 5.78 Å². The van der Waals surface area contributed by atoms with E-state index < -0.39 is 0 Å². The van der Waals surface area contributed by atoms with Gasteiger partial charge in [-0.25, -0.2) is 0 Å². The molecule has 0 spiro atoms. The minimum atomic E-state index is 0.0753. The zero-order chi connectivity index (χ0) is 9.52. The number of allylic oxidation sites excluding steroid dienone is 1. The van der Waals surface area contributed by atoms with Gasteiger partial charge in [-0.3, -0.25) is 4.79 Å². The first-order valence-electron chi connectivity index (χ1n) is 4.29. The van der Waals surface area contributed by atoms with Gasteiger partial charge in [0.25, 0.3) is 0 Å². The predicted octanol–water partition coefficient (Wildman–Crippen LogP) is 1.62. The van der Waals surface area contributed by atoms with Crippen LogP contribution in [0.2, 0.25) is 0 Å². The zero-order valence-electron chi connectivity index (χ0n) is 7.44. The molecule has 13 heavy (non-hydrogen) atoms. The fraction of sp³-hybridized carbons (Fsp3) is 0.182. The van der Waals surface area contributed by atoms with E-state index in [1.165, 1.54) is 0 Å². The van der Waals surface area contributed by atoms with Crippen LogP contribution in [0.3, 0.4) is 0 Å². The number of hydrogen-bond acceptors (Lipinski definition) is 2. The van der Waals surface area contributed by atoms with Gasteiger partial charge in [0, 0.05) is 6.42 Å². The van der Waals surface area contributed by atoms with Crippen molar-refractivity contribution in [2.45, 2.75) is 6.42 Å². The topological polar surface area (TPSA) is 43.1 Å². The van der Waals surface area contributed by atoms with Gasteiger partial charge in [-0.05, 0) is 18.2 Å². The number of hydrogen-bond donors (Lipinski definition) is 1. The molecule has 2 heteroatoms. The van der Waals surface area contributed by atoms with Crippen molar-refractivity contribution in [2.24, 2.45) is 5.73 Å². The van der Waals surface area contributed by atoms with E-state index in [1.807, 2.05) is 30.3 Å². The highest BCUT2D eigenvalue weighted by molar-refractivity contribution is 5.93. The summed E-state index contributed by atoms with van der Waals surface area (Å²) in [6.45, 7) is 0.415. The first-order chi connectivity index (χ1) is 6.33. The summed E-state index contributed by atoms with van der Waals surface area (Å²) in [6.07, 6.45) is 3.80. The third-order valence-corrected chi connectivity index (χ3v) is 1.65. The van der Waals surface area contributed by atoms with E-state index in [4.69, 9.17) is 5.73 Å². The van der Waals surface area contributed by atoms with E-state index in [0.717, 1.165) is 5.56 Å². The van der Waals surface area contributed by atoms with Crippen molar-refractivity contribution in [3.63, 3.8) is 0 Å². The molecule has 1 aromatic rings. The molecule has 0 saturated heterocycles. The van der Waals surface area contributed by atoms with Crippen molar-refractivity contribution >= 4 is 11.9 Å². The van der Waals surface area contributed by atoms with Gasteiger partial charge in [0.1, 0.15) is 0 Å². The molecule has 1 rings (SSSR count). The van der Waals surface area contributed by atoms with Crippen LogP contribution in [0.15, 0.2) is 36.4 Å². The number of ketones is 1. The predicted molar refractivity (Wildman–Crippen MR) is 54.2 cm³/mol. The molecule has 0 amide bonds. The molecule has 0 fully saturated rings. The minimum absolute atomic E-state index is 0.0753. The molecular weight excluding hydrogens is 162 g/mol. The van der Waals surface area contributed by atoms with E-state index in [1.54, 1.807) is 12.2 Å². The molecule has 0 bridgehead atoms. The van der Waals surface area contributed by atoms with Crippen LogP contribution in [0, 0.1) is 0 Å². The Hall–Kier alpha value is -1.41. The van der Waals surface area contributed by atoms with Gasteiger partial charge in [0.2, 0.25) is 0 Å². The highest BCUT2D eigenvalue weighted by Gasteiger charge is 1.92.